The molecule has 0 aliphatic rings. The van der Waals surface area contributed by atoms with E-state index in [-0.39, 0.29) is 4.90 Å². The molecule has 4 aromatic rings. The fourth-order valence-corrected chi connectivity index (χ4v) is 4.34. The zero-order chi connectivity index (χ0) is 25.4. The van der Waals surface area contributed by atoms with Gasteiger partial charge in [-0.2, -0.15) is 5.10 Å². The van der Waals surface area contributed by atoms with Gasteiger partial charge in [-0.25, -0.2) is 13.8 Å². The maximum Gasteiger partial charge on any atom is 0.271 e. The van der Waals surface area contributed by atoms with Gasteiger partial charge in [0.1, 0.15) is 12.4 Å². The van der Waals surface area contributed by atoms with E-state index in [4.69, 9.17) is 4.74 Å². The minimum absolute atomic E-state index is 0.166. The summed E-state index contributed by atoms with van der Waals surface area (Å²) in [6.07, 6.45) is 1.53. The number of hydrogen-bond donors (Lipinski definition) is 2. The average Bonchev–Trinajstić information content (AvgIpc) is 2.89. The van der Waals surface area contributed by atoms with E-state index in [1.54, 1.807) is 24.3 Å². The molecule has 0 aliphatic carbocycles. The molecule has 1 amide bonds. The molecule has 0 atom stereocenters. The van der Waals surface area contributed by atoms with Crippen molar-refractivity contribution >= 4 is 27.8 Å². The van der Waals surface area contributed by atoms with E-state index in [0.29, 0.717) is 23.6 Å². The van der Waals surface area contributed by atoms with Crippen molar-refractivity contribution in [1.29, 1.82) is 0 Å². The van der Waals surface area contributed by atoms with Crippen LogP contribution in [0.25, 0.3) is 0 Å². The maximum absolute atomic E-state index is 12.5. The zero-order valence-corrected chi connectivity index (χ0v) is 20.4. The summed E-state index contributed by atoms with van der Waals surface area (Å²) in [5.41, 5.74) is 5.96. The molecule has 36 heavy (non-hydrogen) atoms. The summed E-state index contributed by atoms with van der Waals surface area (Å²) in [5.74, 6) is 0.272. The second-order valence-corrected chi connectivity index (χ2v) is 9.72. The van der Waals surface area contributed by atoms with Gasteiger partial charge in [-0.1, -0.05) is 60.2 Å². The van der Waals surface area contributed by atoms with Crippen LogP contribution in [0.4, 0.5) is 5.69 Å². The molecule has 0 unspecified atom stereocenters. The van der Waals surface area contributed by atoms with Gasteiger partial charge < -0.3 is 4.74 Å². The van der Waals surface area contributed by atoms with Crippen LogP contribution in [0.5, 0.6) is 5.75 Å². The third-order valence-corrected chi connectivity index (χ3v) is 6.61. The van der Waals surface area contributed by atoms with Crippen LogP contribution in [0.15, 0.2) is 113 Å². The molecule has 0 radical (unpaired) electrons. The molecule has 0 saturated heterocycles. The summed E-state index contributed by atoms with van der Waals surface area (Å²) < 4.78 is 33.4. The van der Waals surface area contributed by atoms with E-state index < -0.39 is 15.9 Å². The monoisotopic (exact) mass is 499 g/mol. The number of carbonyl (C=O) groups excluding carboxylic acids is 1. The summed E-state index contributed by atoms with van der Waals surface area (Å²) in [7, 11) is -3.72. The Morgan fingerprint density at radius 2 is 1.61 bits per heavy atom. The highest BCUT2D eigenvalue weighted by Gasteiger charge is 2.14. The second-order valence-electron chi connectivity index (χ2n) is 8.04. The van der Waals surface area contributed by atoms with Gasteiger partial charge in [0.2, 0.25) is 0 Å². The predicted octanol–water partition coefficient (Wildman–Crippen LogP) is 5.14. The average molecular weight is 500 g/mol. The van der Waals surface area contributed by atoms with E-state index in [1.807, 2.05) is 61.5 Å². The van der Waals surface area contributed by atoms with Gasteiger partial charge in [-0.15, -0.1) is 0 Å². The van der Waals surface area contributed by atoms with E-state index in [0.717, 1.165) is 16.7 Å². The molecular formula is C28H25N3O4S. The summed E-state index contributed by atoms with van der Waals surface area (Å²) in [6, 6.07) is 29.9. The third-order valence-electron chi connectivity index (χ3n) is 5.22. The normalized spacial score (nSPS) is 11.2. The van der Waals surface area contributed by atoms with Crippen LogP contribution in [0, 0.1) is 6.92 Å². The fourth-order valence-electron chi connectivity index (χ4n) is 3.28. The lowest BCUT2D eigenvalue weighted by Gasteiger charge is -2.09. The van der Waals surface area contributed by atoms with Crippen molar-refractivity contribution < 1.29 is 17.9 Å². The van der Waals surface area contributed by atoms with Crippen LogP contribution < -0.4 is 14.9 Å². The molecule has 0 spiro atoms. The molecule has 0 bridgehead atoms. The first kappa shape index (κ1) is 24.7. The van der Waals surface area contributed by atoms with Crippen LogP contribution in [0.3, 0.4) is 0 Å². The standard InChI is InChI=1S/C28H25N3O4S/c1-21-10-16-27(17-11-21)36(33,34)31-25-14-12-24(13-15-25)28(32)30-29-19-23-8-5-9-26(18-23)35-20-22-6-3-2-4-7-22/h2-19,31H,20H2,1H3,(H,30,32)/b29-19+. The smallest absolute Gasteiger partial charge is 0.271 e. The number of hydrogen-bond acceptors (Lipinski definition) is 5. The SMILES string of the molecule is Cc1ccc(S(=O)(=O)Nc2ccc(C(=O)N/N=C/c3cccc(OCc4ccccc4)c3)cc2)cc1. The van der Waals surface area contributed by atoms with Gasteiger partial charge in [0.15, 0.2) is 0 Å². The van der Waals surface area contributed by atoms with Crippen molar-refractivity contribution in [1.82, 2.24) is 5.43 Å². The molecular weight excluding hydrogens is 474 g/mol. The number of rotatable bonds is 9. The highest BCUT2D eigenvalue weighted by atomic mass is 32.2. The molecule has 2 N–H and O–H groups in total. The Hall–Kier alpha value is -4.43. The van der Waals surface area contributed by atoms with E-state index in [9.17, 15) is 13.2 Å². The first-order valence-electron chi connectivity index (χ1n) is 11.2. The zero-order valence-electron chi connectivity index (χ0n) is 19.6. The number of hydrazone groups is 1. The van der Waals surface area contributed by atoms with Crippen molar-refractivity contribution in [3.8, 4) is 5.75 Å². The van der Waals surface area contributed by atoms with Crippen LogP contribution in [-0.2, 0) is 16.6 Å². The highest BCUT2D eigenvalue weighted by Crippen LogP contribution is 2.18. The quantitative estimate of drug-likeness (QED) is 0.246. The molecule has 0 aliphatic heterocycles. The lowest BCUT2D eigenvalue weighted by molar-refractivity contribution is 0.0955. The van der Waals surface area contributed by atoms with Crippen molar-refractivity contribution in [3.63, 3.8) is 0 Å². The van der Waals surface area contributed by atoms with Crippen molar-refractivity contribution in [2.24, 2.45) is 5.10 Å². The maximum atomic E-state index is 12.5. The largest absolute Gasteiger partial charge is 0.489 e. The summed E-state index contributed by atoms with van der Waals surface area (Å²) in [4.78, 5) is 12.6. The first-order chi connectivity index (χ1) is 17.4. The molecule has 7 nitrogen and oxygen atoms in total. The van der Waals surface area contributed by atoms with Gasteiger partial charge in [0, 0.05) is 11.3 Å². The molecule has 0 saturated carbocycles. The number of aryl methyl sites for hydroxylation is 1. The van der Waals surface area contributed by atoms with Crippen LogP contribution in [-0.4, -0.2) is 20.5 Å². The van der Waals surface area contributed by atoms with E-state index in [1.165, 1.54) is 30.5 Å². The number of nitrogens with one attached hydrogen (secondary N) is 2. The van der Waals surface area contributed by atoms with E-state index >= 15 is 0 Å². The number of sulfonamides is 1. The second kappa shape index (κ2) is 11.3. The molecule has 182 valence electrons. The summed E-state index contributed by atoms with van der Waals surface area (Å²) in [5, 5.41) is 4.01. The molecule has 0 heterocycles. The lowest BCUT2D eigenvalue weighted by atomic mass is 10.2. The number of nitrogens with zero attached hydrogens (tertiary/aromatic N) is 1. The van der Waals surface area contributed by atoms with Crippen LogP contribution >= 0.6 is 0 Å². The van der Waals surface area contributed by atoms with Crippen molar-refractivity contribution in [3.05, 3.63) is 125 Å². The van der Waals surface area contributed by atoms with Gasteiger partial charge in [-0.05, 0) is 66.6 Å². The highest BCUT2D eigenvalue weighted by molar-refractivity contribution is 7.92. The molecule has 0 fully saturated rings. The number of anilines is 1. The first-order valence-corrected chi connectivity index (χ1v) is 12.7. The van der Waals surface area contributed by atoms with E-state index in [2.05, 4.69) is 15.2 Å². The Morgan fingerprint density at radius 3 is 2.33 bits per heavy atom. The number of ether oxygens (including phenoxy) is 1. The molecule has 8 heteroatoms. The predicted molar refractivity (Wildman–Crippen MR) is 141 cm³/mol. The third kappa shape index (κ3) is 6.80. The minimum atomic E-state index is -3.72. The fraction of sp³-hybridized carbons (Fsp3) is 0.0714. The summed E-state index contributed by atoms with van der Waals surface area (Å²) in [6.45, 7) is 2.34. The topological polar surface area (TPSA) is 96.9 Å². The Morgan fingerprint density at radius 1 is 0.889 bits per heavy atom. The van der Waals surface area contributed by atoms with Crippen molar-refractivity contribution in [2.75, 3.05) is 4.72 Å². The van der Waals surface area contributed by atoms with Crippen molar-refractivity contribution in [2.45, 2.75) is 18.4 Å². The number of carbonyl (C=O) groups is 1. The van der Waals surface area contributed by atoms with Gasteiger partial charge >= 0.3 is 0 Å². The minimum Gasteiger partial charge on any atom is -0.489 e. The summed E-state index contributed by atoms with van der Waals surface area (Å²) >= 11 is 0. The Kier molecular flexibility index (Phi) is 7.77. The molecule has 0 aromatic heterocycles. The van der Waals surface area contributed by atoms with Gasteiger partial charge in [0.25, 0.3) is 15.9 Å². The Bertz CT molecular complexity index is 1450. The van der Waals surface area contributed by atoms with Gasteiger partial charge in [-0.3, -0.25) is 9.52 Å². The Balaban J connectivity index is 1.32. The lowest BCUT2D eigenvalue weighted by Crippen LogP contribution is -2.18. The Labute approximate surface area is 210 Å². The van der Waals surface area contributed by atoms with Gasteiger partial charge in [0.05, 0.1) is 11.1 Å². The number of benzene rings is 4. The molecule has 4 aromatic carbocycles. The van der Waals surface area contributed by atoms with Crippen LogP contribution in [0.2, 0.25) is 0 Å². The molecule has 4 rings (SSSR count). The number of amides is 1. The van der Waals surface area contributed by atoms with Crippen LogP contribution in [0.1, 0.15) is 27.0 Å².